The molecule has 0 saturated carbocycles. The number of nitrogens with two attached hydrogens (primary N) is 1. The number of hydrogen-bond donors (Lipinski definition) is 2. The van der Waals surface area contributed by atoms with Crippen LogP contribution < -0.4 is 11.1 Å². The second kappa shape index (κ2) is 7.95. The Bertz CT molecular complexity index is 383. The van der Waals surface area contributed by atoms with E-state index in [1.807, 2.05) is 30.0 Å². The molecule has 0 fully saturated rings. The fraction of sp³-hybridized carbons (Fsp3) is 0.417. The number of anilines is 1. The van der Waals surface area contributed by atoms with Gasteiger partial charge in [0.05, 0.1) is 0 Å². The lowest BCUT2D eigenvalue weighted by Gasteiger charge is -2.12. The molecule has 0 radical (unpaired) electrons. The van der Waals surface area contributed by atoms with E-state index in [2.05, 4.69) is 27.5 Å². The number of hydrogen-bond acceptors (Lipinski definition) is 3. The van der Waals surface area contributed by atoms with Crippen LogP contribution in [0, 0.1) is 0 Å². The second-order valence-corrected chi connectivity index (χ2v) is 5.93. The summed E-state index contributed by atoms with van der Waals surface area (Å²) in [5.41, 5.74) is 7.63. The van der Waals surface area contributed by atoms with E-state index >= 15 is 0 Å². The summed E-state index contributed by atoms with van der Waals surface area (Å²) >= 11 is 10.4. The summed E-state index contributed by atoms with van der Waals surface area (Å²) in [4.78, 5) is 0.420. The van der Waals surface area contributed by atoms with E-state index in [0.29, 0.717) is 4.99 Å². The SMILES string of the molecule is CSCCCCNc1cccc(Br)c1C(N)=S. The van der Waals surface area contributed by atoms with Gasteiger partial charge >= 0.3 is 0 Å². The van der Waals surface area contributed by atoms with Crippen molar-refractivity contribution >= 4 is 50.6 Å². The van der Waals surface area contributed by atoms with Gasteiger partial charge in [0.25, 0.3) is 0 Å². The summed E-state index contributed by atoms with van der Waals surface area (Å²) in [6, 6.07) is 5.94. The molecule has 1 aromatic carbocycles. The van der Waals surface area contributed by atoms with Crippen molar-refractivity contribution in [1.82, 2.24) is 0 Å². The van der Waals surface area contributed by atoms with Crippen molar-refractivity contribution in [3.05, 3.63) is 28.2 Å². The third-order valence-corrected chi connectivity index (χ3v) is 3.91. The van der Waals surface area contributed by atoms with Crippen molar-refractivity contribution in [2.45, 2.75) is 12.8 Å². The van der Waals surface area contributed by atoms with Gasteiger partial charge < -0.3 is 11.1 Å². The maximum absolute atomic E-state index is 5.73. The zero-order chi connectivity index (χ0) is 12.7. The lowest BCUT2D eigenvalue weighted by molar-refractivity contribution is 0.843. The summed E-state index contributed by atoms with van der Waals surface area (Å²) in [6.07, 6.45) is 4.52. The average Bonchev–Trinajstić information content (AvgIpc) is 2.28. The lowest BCUT2D eigenvalue weighted by Crippen LogP contribution is -2.14. The van der Waals surface area contributed by atoms with Crippen LogP contribution in [0.15, 0.2) is 22.7 Å². The topological polar surface area (TPSA) is 38.0 Å². The quantitative estimate of drug-likeness (QED) is 0.590. The highest BCUT2D eigenvalue weighted by atomic mass is 79.9. The Balaban J connectivity index is 2.58. The van der Waals surface area contributed by atoms with E-state index in [1.54, 1.807) is 0 Å². The van der Waals surface area contributed by atoms with Crippen molar-refractivity contribution in [3.63, 3.8) is 0 Å². The summed E-state index contributed by atoms with van der Waals surface area (Å²) in [6.45, 7) is 0.951. The zero-order valence-corrected chi connectivity index (χ0v) is 13.1. The molecule has 3 N–H and O–H groups in total. The second-order valence-electron chi connectivity index (χ2n) is 3.65. The van der Waals surface area contributed by atoms with Gasteiger partial charge in [0.2, 0.25) is 0 Å². The number of rotatable bonds is 7. The van der Waals surface area contributed by atoms with E-state index in [-0.39, 0.29) is 0 Å². The highest BCUT2D eigenvalue weighted by Crippen LogP contribution is 2.24. The minimum Gasteiger partial charge on any atom is -0.389 e. The molecule has 0 spiro atoms. The highest BCUT2D eigenvalue weighted by molar-refractivity contribution is 9.10. The first-order valence-electron chi connectivity index (χ1n) is 5.48. The van der Waals surface area contributed by atoms with Crippen LogP contribution >= 0.6 is 39.9 Å². The molecule has 0 aliphatic rings. The van der Waals surface area contributed by atoms with Crippen LogP contribution in [0.3, 0.4) is 0 Å². The van der Waals surface area contributed by atoms with Crippen LogP contribution in [0.1, 0.15) is 18.4 Å². The number of thioether (sulfide) groups is 1. The van der Waals surface area contributed by atoms with Gasteiger partial charge in [-0.2, -0.15) is 11.8 Å². The van der Waals surface area contributed by atoms with Gasteiger partial charge in [-0.05, 0) is 52.9 Å². The van der Waals surface area contributed by atoms with E-state index in [9.17, 15) is 0 Å². The predicted octanol–water partition coefficient (Wildman–Crippen LogP) is 3.64. The number of benzene rings is 1. The minimum absolute atomic E-state index is 0.420. The predicted molar refractivity (Wildman–Crippen MR) is 86.1 cm³/mol. The minimum atomic E-state index is 0.420. The van der Waals surface area contributed by atoms with Crippen LogP contribution in [-0.4, -0.2) is 23.5 Å². The molecule has 1 aromatic rings. The van der Waals surface area contributed by atoms with Gasteiger partial charge in [0.15, 0.2) is 0 Å². The number of thiocarbonyl (C=S) groups is 1. The van der Waals surface area contributed by atoms with Crippen LogP contribution in [0.2, 0.25) is 0 Å². The van der Waals surface area contributed by atoms with E-state index in [1.165, 1.54) is 12.2 Å². The maximum Gasteiger partial charge on any atom is 0.107 e. The Kier molecular flexibility index (Phi) is 6.92. The third kappa shape index (κ3) is 4.85. The largest absolute Gasteiger partial charge is 0.389 e. The normalized spacial score (nSPS) is 10.2. The average molecular weight is 333 g/mol. The molecule has 0 aromatic heterocycles. The number of nitrogens with one attached hydrogen (secondary N) is 1. The summed E-state index contributed by atoms with van der Waals surface area (Å²) in [7, 11) is 0. The monoisotopic (exact) mass is 332 g/mol. The van der Waals surface area contributed by atoms with Crippen molar-refractivity contribution < 1.29 is 0 Å². The summed E-state index contributed by atoms with van der Waals surface area (Å²) in [5.74, 6) is 1.21. The molecule has 0 saturated heterocycles. The van der Waals surface area contributed by atoms with E-state index < -0.39 is 0 Å². The molecule has 0 aliphatic heterocycles. The van der Waals surface area contributed by atoms with E-state index in [0.717, 1.165) is 28.7 Å². The highest BCUT2D eigenvalue weighted by Gasteiger charge is 2.08. The molecule has 94 valence electrons. The Morgan fingerprint density at radius 3 is 2.88 bits per heavy atom. The zero-order valence-electron chi connectivity index (χ0n) is 9.83. The Morgan fingerprint density at radius 2 is 2.24 bits per heavy atom. The fourth-order valence-electron chi connectivity index (χ4n) is 1.52. The third-order valence-electron chi connectivity index (χ3n) is 2.35. The van der Waals surface area contributed by atoms with Gasteiger partial charge in [-0.1, -0.05) is 18.3 Å². The Labute approximate surface area is 121 Å². The molecule has 0 heterocycles. The van der Waals surface area contributed by atoms with Crippen molar-refractivity contribution in [1.29, 1.82) is 0 Å². The van der Waals surface area contributed by atoms with Gasteiger partial charge in [0.1, 0.15) is 4.99 Å². The molecule has 17 heavy (non-hydrogen) atoms. The van der Waals surface area contributed by atoms with Crippen molar-refractivity contribution in [2.24, 2.45) is 5.73 Å². The molecule has 0 amide bonds. The molecule has 1 rings (SSSR count). The van der Waals surface area contributed by atoms with Gasteiger partial charge in [0, 0.05) is 22.3 Å². The first-order valence-corrected chi connectivity index (χ1v) is 8.07. The summed E-state index contributed by atoms with van der Waals surface area (Å²) in [5, 5.41) is 3.39. The maximum atomic E-state index is 5.73. The first-order chi connectivity index (χ1) is 8.16. The molecule has 0 unspecified atom stereocenters. The Hall–Kier alpha value is -0.260. The van der Waals surface area contributed by atoms with Crippen molar-refractivity contribution in [3.8, 4) is 0 Å². The molecule has 5 heteroatoms. The molecular formula is C12H17BrN2S2. The van der Waals surface area contributed by atoms with Gasteiger partial charge in [-0.3, -0.25) is 0 Å². The molecule has 2 nitrogen and oxygen atoms in total. The van der Waals surface area contributed by atoms with Gasteiger partial charge in [-0.15, -0.1) is 0 Å². The summed E-state index contributed by atoms with van der Waals surface area (Å²) < 4.78 is 0.944. The van der Waals surface area contributed by atoms with Crippen LogP contribution in [0.4, 0.5) is 5.69 Å². The lowest BCUT2D eigenvalue weighted by atomic mass is 10.1. The van der Waals surface area contributed by atoms with Crippen LogP contribution in [-0.2, 0) is 0 Å². The van der Waals surface area contributed by atoms with Crippen LogP contribution in [0.5, 0.6) is 0 Å². The fourth-order valence-corrected chi connectivity index (χ4v) is 2.94. The molecule has 0 bridgehead atoms. The number of halogens is 1. The molecule has 0 aliphatic carbocycles. The van der Waals surface area contributed by atoms with Crippen LogP contribution in [0.25, 0.3) is 0 Å². The van der Waals surface area contributed by atoms with E-state index in [4.69, 9.17) is 18.0 Å². The smallest absolute Gasteiger partial charge is 0.107 e. The first kappa shape index (κ1) is 14.8. The molecule has 0 atom stereocenters. The number of unbranched alkanes of at least 4 members (excludes halogenated alkanes) is 1. The molecular weight excluding hydrogens is 316 g/mol. The van der Waals surface area contributed by atoms with Gasteiger partial charge in [-0.25, -0.2) is 0 Å². The standard InChI is InChI=1S/C12H17BrN2S2/c1-17-8-3-2-7-15-10-6-4-5-9(13)11(10)12(14)16/h4-6,15H,2-3,7-8H2,1H3,(H2,14,16). The Morgan fingerprint density at radius 1 is 1.47 bits per heavy atom. The van der Waals surface area contributed by atoms with Crippen molar-refractivity contribution in [2.75, 3.05) is 23.9 Å².